The Morgan fingerprint density at radius 1 is 1.18 bits per heavy atom. The van der Waals surface area contributed by atoms with Gasteiger partial charge in [0, 0.05) is 31.8 Å². The molecule has 178 valence electrons. The molecule has 34 heavy (non-hydrogen) atoms. The lowest BCUT2D eigenvalue weighted by Gasteiger charge is -2.18. The molecule has 3 rings (SSSR count). The first kappa shape index (κ1) is 24.2. The Bertz CT molecular complexity index is 1120. The summed E-state index contributed by atoms with van der Waals surface area (Å²) in [6.07, 6.45) is 1.46. The Morgan fingerprint density at radius 3 is 2.53 bits per heavy atom. The monoisotopic (exact) mass is 468 g/mol. The van der Waals surface area contributed by atoms with Crippen LogP contribution >= 0.6 is 0 Å². The molecule has 3 amide bonds. The number of carboxylic acids is 1. The molecule has 0 fully saturated rings. The maximum Gasteiger partial charge on any atom is 0.326 e. The number of rotatable bonds is 9. The Labute approximate surface area is 194 Å². The van der Waals surface area contributed by atoms with E-state index in [0.717, 1.165) is 0 Å². The van der Waals surface area contributed by atoms with Crippen LogP contribution in [0.2, 0.25) is 0 Å². The first-order valence-electron chi connectivity index (χ1n) is 10.3. The Balaban J connectivity index is 1.55. The van der Waals surface area contributed by atoms with Crippen LogP contribution in [-0.2, 0) is 14.4 Å². The number of aliphatic imine (C=N–C) groups is 4. The summed E-state index contributed by atoms with van der Waals surface area (Å²) in [4.78, 5) is 64.8. The zero-order chi connectivity index (χ0) is 24.8. The standard InChI is InChI=1S/C21H24N8O5/c1-29(2)15(30)8-7-14(20(33)34)26-18(31)11-3-5-12(6-4-11)23-9-13-10-24-17-16(25-13)19(32)28-21(22)27-17/h3-6,10,14,16,23H,7-9H2,1-2H3,(H,26,31)(H,33,34)(H2,22,28,32)/t14-,16?/m1/s1. The van der Waals surface area contributed by atoms with Gasteiger partial charge in [-0.2, -0.15) is 9.98 Å². The molecule has 0 saturated carbocycles. The van der Waals surface area contributed by atoms with Crippen LogP contribution in [0.1, 0.15) is 23.2 Å². The van der Waals surface area contributed by atoms with Crippen molar-refractivity contribution in [2.24, 2.45) is 25.7 Å². The highest BCUT2D eigenvalue weighted by Crippen LogP contribution is 2.13. The van der Waals surface area contributed by atoms with Gasteiger partial charge in [0.2, 0.25) is 11.9 Å². The fourth-order valence-corrected chi connectivity index (χ4v) is 3.05. The van der Waals surface area contributed by atoms with Crippen molar-refractivity contribution in [1.82, 2.24) is 10.2 Å². The molecular weight excluding hydrogens is 444 g/mol. The van der Waals surface area contributed by atoms with Crippen LogP contribution in [0.15, 0.2) is 44.2 Å². The highest BCUT2D eigenvalue weighted by Gasteiger charge is 2.30. The largest absolute Gasteiger partial charge is 0.480 e. The van der Waals surface area contributed by atoms with E-state index in [2.05, 4.69) is 30.6 Å². The normalized spacial score (nSPS) is 17.5. The molecule has 0 aromatic heterocycles. The van der Waals surface area contributed by atoms with Gasteiger partial charge in [-0.05, 0) is 30.7 Å². The van der Waals surface area contributed by atoms with E-state index in [0.29, 0.717) is 11.4 Å². The minimum atomic E-state index is -1.22. The highest BCUT2D eigenvalue weighted by molar-refractivity contribution is 6.38. The minimum Gasteiger partial charge on any atom is -0.480 e. The molecule has 2 aliphatic heterocycles. The van der Waals surface area contributed by atoms with Crippen molar-refractivity contribution in [3.63, 3.8) is 0 Å². The number of guanidine groups is 1. The Kier molecular flexibility index (Phi) is 7.46. The maximum absolute atomic E-state index is 12.5. The number of hydrogen-bond donors (Lipinski definition) is 4. The van der Waals surface area contributed by atoms with Gasteiger partial charge in [-0.1, -0.05) is 0 Å². The number of nitrogens with one attached hydrogen (secondary N) is 2. The summed E-state index contributed by atoms with van der Waals surface area (Å²) in [5.41, 5.74) is 6.88. The number of anilines is 1. The average molecular weight is 468 g/mol. The lowest BCUT2D eigenvalue weighted by atomic mass is 10.1. The molecular formula is C21H24N8O5. The van der Waals surface area contributed by atoms with E-state index in [-0.39, 0.29) is 42.7 Å². The first-order chi connectivity index (χ1) is 16.1. The molecule has 1 aromatic carbocycles. The molecule has 0 saturated heterocycles. The second kappa shape index (κ2) is 10.5. The lowest BCUT2D eigenvalue weighted by molar-refractivity contribution is -0.139. The van der Waals surface area contributed by atoms with Crippen molar-refractivity contribution >= 4 is 53.1 Å². The van der Waals surface area contributed by atoms with Gasteiger partial charge in [0.05, 0.1) is 18.5 Å². The molecule has 1 unspecified atom stereocenters. The average Bonchev–Trinajstić information content (AvgIpc) is 2.80. The summed E-state index contributed by atoms with van der Waals surface area (Å²) in [7, 11) is 3.15. The van der Waals surface area contributed by atoms with E-state index >= 15 is 0 Å². The van der Waals surface area contributed by atoms with Gasteiger partial charge in [-0.15, -0.1) is 0 Å². The van der Waals surface area contributed by atoms with Crippen LogP contribution in [0, 0.1) is 0 Å². The van der Waals surface area contributed by atoms with Crippen LogP contribution < -0.4 is 16.4 Å². The maximum atomic E-state index is 12.5. The first-order valence-corrected chi connectivity index (χ1v) is 10.3. The van der Waals surface area contributed by atoms with Crippen molar-refractivity contribution in [2.75, 3.05) is 26.0 Å². The number of hydrogen-bond acceptors (Lipinski definition) is 9. The van der Waals surface area contributed by atoms with E-state index in [1.165, 1.54) is 23.2 Å². The minimum absolute atomic E-state index is 0.000168. The summed E-state index contributed by atoms with van der Waals surface area (Å²) in [5.74, 6) is -2.49. The number of nitrogens with zero attached hydrogens (tertiary/aromatic N) is 5. The van der Waals surface area contributed by atoms with E-state index < -0.39 is 29.9 Å². The zero-order valence-corrected chi connectivity index (χ0v) is 18.6. The fourth-order valence-electron chi connectivity index (χ4n) is 3.05. The molecule has 0 radical (unpaired) electrons. The second-order valence-electron chi connectivity index (χ2n) is 7.68. The fraction of sp³-hybridized carbons (Fsp3) is 0.333. The molecule has 2 aliphatic rings. The predicted molar refractivity (Wildman–Crippen MR) is 126 cm³/mol. The Hall–Kier alpha value is -4.42. The van der Waals surface area contributed by atoms with E-state index in [9.17, 15) is 24.3 Å². The molecule has 2 atom stereocenters. The number of amidine groups is 1. The van der Waals surface area contributed by atoms with E-state index in [1.54, 1.807) is 26.2 Å². The summed E-state index contributed by atoms with van der Waals surface area (Å²) in [6.45, 7) is 0.256. The summed E-state index contributed by atoms with van der Waals surface area (Å²) < 4.78 is 0. The summed E-state index contributed by atoms with van der Waals surface area (Å²) >= 11 is 0. The van der Waals surface area contributed by atoms with Crippen molar-refractivity contribution in [2.45, 2.75) is 24.9 Å². The van der Waals surface area contributed by atoms with Gasteiger partial charge in [0.15, 0.2) is 11.9 Å². The van der Waals surface area contributed by atoms with Gasteiger partial charge >= 0.3 is 5.97 Å². The third-order valence-electron chi connectivity index (χ3n) is 4.94. The molecule has 5 N–H and O–H groups in total. The lowest BCUT2D eigenvalue weighted by Crippen LogP contribution is -2.41. The number of benzene rings is 1. The zero-order valence-electron chi connectivity index (χ0n) is 18.6. The van der Waals surface area contributed by atoms with Crippen LogP contribution in [0.25, 0.3) is 0 Å². The molecule has 13 nitrogen and oxygen atoms in total. The van der Waals surface area contributed by atoms with Gasteiger partial charge in [0.25, 0.3) is 11.8 Å². The van der Waals surface area contributed by atoms with Gasteiger partial charge in [-0.3, -0.25) is 19.4 Å². The topological polar surface area (TPSA) is 191 Å². The van der Waals surface area contributed by atoms with Gasteiger partial charge < -0.3 is 26.4 Å². The van der Waals surface area contributed by atoms with Crippen molar-refractivity contribution in [3.8, 4) is 0 Å². The van der Waals surface area contributed by atoms with E-state index in [1.807, 2.05) is 0 Å². The SMILES string of the molecule is CN(C)C(=O)CC[C@@H](NC(=O)c1ccc(NCC2=NC3C(=O)N=C(N)N=C3N=C2)cc1)C(=O)O. The summed E-state index contributed by atoms with van der Waals surface area (Å²) in [5, 5.41) is 14.9. The number of carbonyl (C=O) groups excluding carboxylic acids is 3. The molecule has 2 heterocycles. The van der Waals surface area contributed by atoms with Gasteiger partial charge in [0.1, 0.15) is 6.04 Å². The number of aliphatic carboxylic acids is 1. The number of fused-ring (bicyclic) bond motifs is 1. The third kappa shape index (κ3) is 6.09. The predicted octanol–water partition coefficient (Wildman–Crippen LogP) is -0.703. The number of carbonyl (C=O) groups is 4. The number of nitrogens with two attached hydrogens (primary N) is 1. The van der Waals surface area contributed by atoms with Crippen LogP contribution in [-0.4, -0.2) is 90.1 Å². The number of amides is 3. The molecule has 0 spiro atoms. The Morgan fingerprint density at radius 2 is 1.88 bits per heavy atom. The van der Waals surface area contributed by atoms with E-state index in [4.69, 9.17) is 5.73 Å². The van der Waals surface area contributed by atoms with Crippen molar-refractivity contribution in [1.29, 1.82) is 0 Å². The molecule has 13 heteroatoms. The van der Waals surface area contributed by atoms with Crippen molar-refractivity contribution < 1.29 is 24.3 Å². The third-order valence-corrected chi connectivity index (χ3v) is 4.94. The van der Waals surface area contributed by atoms with Crippen LogP contribution in [0.4, 0.5) is 5.69 Å². The number of carboxylic acid groups (broad SMARTS) is 1. The van der Waals surface area contributed by atoms with Gasteiger partial charge in [-0.25, -0.2) is 9.79 Å². The van der Waals surface area contributed by atoms with Crippen LogP contribution in [0.5, 0.6) is 0 Å². The van der Waals surface area contributed by atoms with Crippen molar-refractivity contribution in [3.05, 3.63) is 29.8 Å². The summed E-state index contributed by atoms with van der Waals surface area (Å²) in [6, 6.07) is 4.26. The second-order valence-corrected chi connectivity index (χ2v) is 7.68. The molecule has 0 bridgehead atoms. The molecule has 0 aliphatic carbocycles. The highest BCUT2D eigenvalue weighted by atomic mass is 16.4. The van der Waals surface area contributed by atoms with Crippen LogP contribution in [0.3, 0.4) is 0 Å². The quantitative estimate of drug-likeness (QED) is 0.368. The smallest absolute Gasteiger partial charge is 0.326 e. The molecule has 1 aromatic rings.